The van der Waals surface area contributed by atoms with E-state index in [2.05, 4.69) is 26.6 Å². The summed E-state index contributed by atoms with van der Waals surface area (Å²) in [6.45, 7) is 3.85. The molecule has 1 fully saturated rings. The normalized spacial score (nSPS) is 15.8. The van der Waals surface area contributed by atoms with Crippen molar-refractivity contribution in [3.05, 3.63) is 54.0 Å². The first kappa shape index (κ1) is 22.5. The smallest absolute Gasteiger partial charge is 0.191 e. The second-order valence-corrected chi connectivity index (χ2v) is 6.92. The van der Waals surface area contributed by atoms with Crippen LogP contribution in [0, 0.1) is 0 Å². The van der Waals surface area contributed by atoms with Crippen LogP contribution in [-0.2, 0) is 6.42 Å². The van der Waals surface area contributed by atoms with Gasteiger partial charge in [0, 0.05) is 20.1 Å². The molecule has 7 heteroatoms. The molecule has 1 aliphatic heterocycles. The highest BCUT2D eigenvalue weighted by Crippen LogP contribution is 2.24. The van der Waals surface area contributed by atoms with Crippen molar-refractivity contribution in [2.45, 2.75) is 31.7 Å². The van der Waals surface area contributed by atoms with E-state index in [4.69, 9.17) is 4.42 Å². The molecule has 0 bridgehead atoms. The summed E-state index contributed by atoms with van der Waals surface area (Å²) in [5, 5.41) is 16.2. The first-order chi connectivity index (χ1) is 13.3. The summed E-state index contributed by atoms with van der Waals surface area (Å²) in [5.41, 5.74) is 1.23. The summed E-state index contributed by atoms with van der Waals surface area (Å²) in [7, 11) is 1.80. The largest absolute Gasteiger partial charge is 0.508 e. The third kappa shape index (κ3) is 6.70. The van der Waals surface area contributed by atoms with Gasteiger partial charge in [-0.3, -0.25) is 9.89 Å². The molecule has 0 aliphatic carbocycles. The zero-order valence-corrected chi connectivity index (χ0v) is 18.8. The molecule has 0 radical (unpaired) electrons. The van der Waals surface area contributed by atoms with Crippen molar-refractivity contribution in [1.82, 2.24) is 15.5 Å². The number of rotatable bonds is 8. The molecule has 3 rings (SSSR count). The molecule has 1 aliphatic rings. The number of aromatic hydroxyl groups is 1. The number of hydrogen-bond donors (Lipinski definition) is 3. The Morgan fingerprint density at radius 3 is 2.57 bits per heavy atom. The number of phenolic OH excluding ortho intramolecular Hbond substituents is 1. The van der Waals surface area contributed by atoms with Crippen LogP contribution in [0.2, 0.25) is 0 Å². The SMILES string of the molecule is CN=C(NCCCc1ccc(O)cc1)NCC(c1ccco1)N1CCCC1.I. The van der Waals surface area contributed by atoms with Crippen LogP contribution in [0.3, 0.4) is 0 Å². The van der Waals surface area contributed by atoms with Crippen LogP contribution in [0.15, 0.2) is 52.1 Å². The average molecular weight is 498 g/mol. The molecule has 1 atom stereocenters. The predicted molar refractivity (Wildman–Crippen MR) is 123 cm³/mol. The minimum absolute atomic E-state index is 0. The minimum atomic E-state index is 0. The van der Waals surface area contributed by atoms with Crippen molar-refractivity contribution in [2.75, 3.05) is 33.2 Å². The van der Waals surface area contributed by atoms with Gasteiger partial charge in [-0.2, -0.15) is 0 Å². The molecule has 0 amide bonds. The number of nitrogens with one attached hydrogen (secondary N) is 2. The van der Waals surface area contributed by atoms with Crippen molar-refractivity contribution in [3.63, 3.8) is 0 Å². The molecule has 6 nitrogen and oxygen atoms in total. The maximum absolute atomic E-state index is 9.34. The maximum Gasteiger partial charge on any atom is 0.191 e. The third-order valence-corrected chi connectivity index (χ3v) is 5.01. The molecule has 1 aromatic heterocycles. The van der Waals surface area contributed by atoms with E-state index in [9.17, 15) is 5.11 Å². The molecular weight excluding hydrogens is 467 g/mol. The van der Waals surface area contributed by atoms with Crippen molar-refractivity contribution in [1.29, 1.82) is 0 Å². The fraction of sp³-hybridized carbons (Fsp3) is 0.476. The van der Waals surface area contributed by atoms with E-state index in [1.807, 2.05) is 18.2 Å². The van der Waals surface area contributed by atoms with E-state index in [0.717, 1.165) is 50.7 Å². The third-order valence-electron chi connectivity index (χ3n) is 5.01. The molecule has 0 saturated carbocycles. The zero-order chi connectivity index (χ0) is 18.9. The van der Waals surface area contributed by atoms with Gasteiger partial charge in [0.2, 0.25) is 0 Å². The molecule has 0 spiro atoms. The van der Waals surface area contributed by atoms with Crippen molar-refractivity contribution in [3.8, 4) is 5.75 Å². The number of hydrogen-bond acceptors (Lipinski definition) is 4. The van der Waals surface area contributed by atoms with Crippen LogP contribution in [0.5, 0.6) is 5.75 Å². The fourth-order valence-corrected chi connectivity index (χ4v) is 3.52. The van der Waals surface area contributed by atoms with E-state index in [1.54, 1.807) is 25.4 Å². The van der Waals surface area contributed by atoms with Crippen LogP contribution in [-0.4, -0.2) is 49.2 Å². The lowest BCUT2D eigenvalue weighted by atomic mass is 10.1. The van der Waals surface area contributed by atoms with Gasteiger partial charge in [-0.25, -0.2) is 0 Å². The quantitative estimate of drug-likeness (QED) is 0.225. The average Bonchev–Trinajstić information content (AvgIpc) is 3.39. The second kappa shape index (κ2) is 12.0. The Hall–Kier alpha value is -1.74. The summed E-state index contributed by atoms with van der Waals surface area (Å²) < 4.78 is 5.67. The molecule has 3 N–H and O–H groups in total. The van der Waals surface area contributed by atoms with Gasteiger partial charge in [-0.15, -0.1) is 24.0 Å². The Kier molecular flexibility index (Phi) is 9.63. The van der Waals surface area contributed by atoms with E-state index < -0.39 is 0 Å². The lowest BCUT2D eigenvalue weighted by Crippen LogP contribution is -2.42. The summed E-state index contributed by atoms with van der Waals surface area (Å²) in [6.07, 6.45) is 6.21. The Bertz CT molecular complexity index is 698. The second-order valence-electron chi connectivity index (χ2n) is 6.92. The van der Waals surface area contributed by atoms with Crippen molar-refractivity contribution < 1.29 is 9.52 Å². The highest BCUT2D eigenvalue weighted by Gasteiger charge is 2.25. The van der Waals surface area contributed by atoms with Crippen molar-refractivity contribution >= 4 is 29.9 Å². The van der Waals surface area contributed by atoms with Gasteiger partial charge in [0.05, 0.1) is 12.3 Å². The van der Waals surface area contributed by atoms with Crippen molar-refractivity contribution in [2.24, 2.45) is 4.99 Å². The van der Waals surface area contributed by atoms with Gasteiger partial charge in [0.1, 0.15) is 11.5 Å². The van der Waals surface area contributed by atoms with Gasteiger partial charge >= 0.3 is 0 Å². The molecule has 2 aromatic rings. The van der Waals surface area contributed by atoms with Gasteiger partial charge in [0.25, 0.3) is 0 Å². The number of aliphatic imine (C=N–C) groups is 1. The van der Waals surface area contributed by atoms with Crippen LogP contribution in [0.1, 0.15) is 36.6 Å². The maximum atomic E-state index is 9.34. The van der Waals surface area contributed by atoms with Gasteiger partial charge in [0.15, 0.2) is 5.96 Å². The monoisotopic (exact) mass is 498 g/mol. The number of nitrogens with zero attached hydrogens (tertiary/aromatic N) is 2. The van der Waals surface area contributed by atoms with Gasteiger partial charge in [-0.1, -0.05) is 12.1 Å². The fourth-order valence-electron chi connectivity index (χ4n) is 3.52. The van der Waals surface area contributed by atoms with Gasteiger partial charge < -0.3 is 20.2 Å². The number of aryl methyl sites for hydroxylation is 1. The first-order valence-electron chi connectivity index (χ1n) is 9.76. The predicted octanol–water partition coefficient (Wildman–Crippen LogP) is 3.54. The topological polar surface area (TPSA) is 73.0 Å². The first-order valence-corrected chi connectivity index (χ1v) is 9.76. The minimum Gasteiger partial charge on any atom is -0.508 e. The molecule has 1 saturated heterocycles. The molecule has 1 aromatic carbocycles. The number of furan rings is 1. The number of phenols is 1. The summed E-state index contributed by atoms with van der Waals surface area (Å²) in [5.74, 6) is 2.13. The van der Waals surface area contributed by atoms with E-state index in [0.29, 0.717) is 5.75 Å². The molecular formula is C21H31IN4O2. The van der Waals surface area contributed by atoms with Crippen LogP contribution in [0.4, 0.5) is 0 Å². The highest BCUT2D eigenvalue weighted by atomic mass is 127. The lowest BCUT2D eigenvalue weighted by Gasteiger charge is -2.26. The van der Waals surface area contributed by atoms with Crippen LogP contribution in [0.25, 0.3) is 0 Å². The number of likely N-dealkylation sites (tertiary alicyclic amines) is 1. The summed E-state index contributed by atoms with van der Waals surface area (Å²) in [6, 6.07) is 11.6. The summed E-state index contributed by atoms with van der Waals surface area (Å²) >= 11 is 0. The van der Waals surface area contributed by atoms with E-state index >= 15 is 0 Å². The molecule has 2 heterocycles. The van der Waals surface area contributed by atoms with Gasteiger partial charge in [-0.05, 0) is 68.6 Å². The molecule has 154 valence electrons. The Morgan fingerprint density at radius 2 is 1.93 bits per heavy atom. The molecule has 28 heavy (non-hydrogen) atoms. The van der Waals surface area contributed by atoms with Crippen LogP contribution < -0.4 is 10.6 Å². The number of halogens is 1. The Balaban J connectivity index is 0.00000280. The Morgan fingerprint density at radius 1 is 1.18 bits per heavy atom. The number of guanidine groups is 1. The van der Waals surface area contributed by atoms with Crippen LogP contribution >= 0.6 is 24.0 Å². The van der Waals surface area contributed by atoms with E-state index in [-0.39, 0.29) is 30.0 Å². The Labute approximate surface area is 184 Å². The highest BCUT2D eigenvalue weighted by molar-refractivity contribution is 14.0. The van der Waals surface area contributed by atoms with E-state index in [1.165, 1.54) is 18.4 Å². The standard InChI is InChI=1S/C21H30N4O2.HI/c1-22-21(23-12-4-6-17-8-10-18(26)11-9-17)24-16-19(20-7-5-15-27-20)25-13-2-3-14-25;/h5,7-11,15,19,26H,2-4,6,12-14,16H2,1H3,(H2,22,23,24);1H. The number of benzene rings is 1. The lowest BCUT2D eigenvalue weighted by molar-refractivity contribution is 0.215. The zero-order valence-electron chi connectivity index (χ0n) is 16.4. The molecule has 1 unspecified atom stereocenters. The summed E-state index contributed by atoms with van der Waals surface area (Å²) in [4.78, 5) is 6.81.